The van der Waals surface area contributed by atoms with Gasteiger partial charge in [-0.1, -0.05) is 108 Å². The van der Waals surface area contributed by atoms with E-state index in [4.69, 9.17) is 0 Å². The van der Waals surface area contributed by atoms with Crippen LogP contribution in [0.4, 0.5) is 0 Å². The minimum Gasteiger partial charge on any atom is -0.0933 e. The molecular weight excluding hydrogens is 280 g/mol. The molecule has 0 heterocycles. The Kier molecular flexibility index (Phi) is 13.8. The van der Waals surface area contributed by atoms with Gasteiger partial charge < -0.3 is 0 Å². The molecule has 122 valence electrons. The van der Waals surface area contributed by atoms with Crippen LogP contribution >= 0.6 is 21.6 Å². The zero-order valence-electron chi connectivity index (χ0n) is 14.7. The zero-order chi connectivity index (χ0) is 15.3. The molecule has 0 saturated heterocycles. The molecule has 0 N–H and O–H groups in total. The standard InChI is InChI=1S/C18H38S2/c1-6-8-10-12-14-17(15-13-11-9-7-2)16-19-20-18(3,4)5/h17H,6-16H2,1-5H3. The van der Waals surface area contributed by atoms with Gasteiger partial charge in [-0.3, -0.25) is 0 Å². The van der Waals surface area contributed by atoms with Crippen molar-refractivity contribution in [2.45, 2.75) is 104 Å². The van der Waals surface area contributed by atoms with Crippen LogP contribution in [-0.2, 0) is 0 Å². The van der Waals surface area contributed by atoms with E-state index < -0.39 is 0 Å². The lowest BCUT2D eigenvalue weighted by Crippen LogP contribution is -2.08. The van der Waals surface area contributed by atoms with Crippen LogP contribution in [0.5, 0.6) is 0 Å². The fraction of sp³-hybridized carbons (Fsp3) is 1.00. The normalized spacial score (nSPS) is 12.3. The predicted molar refractivity (Wildman–Crippen MR) is 101 cm³/mol. The molecule has 0 atom stereocenters. The fourth-order valence-electron chi connectivity index (χ4n) is 2.34. The highest BCUT2D eigenvalue weighted by Gasteiger charge is 2.14. The van der Waals surface area contributed by atoms with Crippen LogP contribution in [-0.4, -0.2) is 10.5 Å². The van der Waals surface area contributed by atoms with Gasteiger partial charge in [-0.15, -0.1) is 0 Å². The Morgan fingerprint density at radius 2 is 1.25 bits per heavy atom. The van der Waals surface area contributed by atoms with Gasteiger partial charge in [0, 0.05) is 10.5 Å². The maximum absolute atomic E-state index is 2.32. The molecule has 0 unspecified atom stereocenters. The van der Waals surface area contributed by atoms with Crippen molar-refractivity contribution < 1.29 is 0 Å². The molecule has 0 radical (unpaired) electrons. The van der Waals surface area contributed by atoms with Gasteiger partial charge >= 0.3 is 0 Å². The first-order valence-electron chi connectivity index (χ1n) is 8.80. The molecular formula is C18H38S2. The van der Waals surface area contributed by atoms with Crippen molar-refractivity contribution in [3.63, 3.8) is 0 Å². The minimum atomic E-state index is 0.402. The smallest absolute Gasteiger partial charge is 0.0179 e. The number of hydrogen-bond acceptors (Lipinski definition) is 2. The van der Waals surface area contributed by atoms with E-state index in [-0.39, 0.29) is 0 Å². The van der Waals surface area contributed by atoms with E-state index in [1.54, 1.807) is 0 Å². The summed E-state index contributed by atoms with van der Waals surface area (Å²) >= 11 is 0. The SMILES string of the molecule is CCCCCCC(CCCCCC)CSSC(C)(C)C. The summed E-state index contributed by atoms with van der Waals surface area (Å²) in [5.41, 5.74) is 0. The first-order valence-corrected chi connectivity index (χ1v) is 11.1. The molecule has 0 saturated carbocycles. The Morgan fingerprint density at radius 3 is 1.65 bits per heavy atom. The topological polar surface area (TPSA) is 0 Å². The molecule has 20 heavy (non-hydrogen) atoms. The van der Waals surface area contributed by atoms with Gasteiger partial charge in [0.05, 0.1) is 0 Å². The Bertz CT molecular complexity index is 184. The third kappa shape index (κ3) is 15.1. The molecule has 2 heteroatoms. The summed E-state index contributed by atoms with van der Waals surface area (Å²) in [6.45, 7) is 11.6. The van der Waals surface area contributed by atoms with E-state index in [0.717, 1.165) is 5.92 Å². The van der Waals surface area contributed by atoms with Gasteiger partial charge in [0.25, 0.3) is 0 Å². The molecule has 0 aliphatic rings. The molecule has 0 nitrogen and oxygen atoms in total. The average molecular weight is 319 g/mol. The highest BCUT2D eigenvalue weighted by atomic mass is 33.1. The lowest BCUT2D eigenvalue weighted by Gasteiger charge is -2.20. The highest BCUT2D eigenvalue weighted by molar-refractivity contribution is 8.77. The van der Waals surface area contributed by atoms with E-state index in [2.05, 4.69) is 56.2 Å². The third-order valence-electron chi connectivity index (χ3n) is 3.54. The van der Waals surface area contributed by atoms with Crippen LogP contribution in [0.2, 0.25) is 0 Å². The summed E-state index contributed by atoms with van der Waals surface area (Å²) in [5, 5.41) is 0. The molecule has 0 bridgehead atoms. The highest BCUT2D eigenvalue weighted by Crippen LogP contribution is 2.37. The zero-order valence-corrected chi connectivity index (χ0v) is 16.3. The molecule has 0 aliphatic heterocycles. The molecule has 0 aliphatic carbocycles. The Morgan fingerprint density at radius 1 is 0.750 bits per heavy atom. The predicted octanol–water partition coefficient (Wildman–Crippen LogP) is 7.72. The Hall–Kier alpha value is 0.700. The molecule has 0 rings (SSSR count). The monoisotopic (exact) mass is 318 g/mol. The van der Waals surface area contributed by atoms with Crippen molar-refractivity contribution in [1.82, 2.24) is 0 Å². The van der Waals surface area contributed by atoms with E-state index >= 15 is 0 Å². The van der Waals surface area contributed by atoms with Crippen molar-refractivity contribution in [2.24, 2.45) is 5.92 Å². The van der Waals surface area contributed by atoms with Gasteiger partial charge in [0.2, 0.25) is 0 Å². The van der Waals surface area contributed by atoms with Gasteiger partial charge in [-0.2, -0.15) is 0 Å². The average Bonchev–Trinajstić information content (AvgIpc) is 2.37. The lowest BCUT2D eigenvalue weighted by molar-refractivity contribution is 0.443. The number of hydrogen-bond donors (Lipinski definition) is 0. The summed E-state index contributed by atoms with van der Waals surface area (Å²) < 4.78 is 0.402. The van der Waals surface area contributed by atoms with E-state index in [1.165, 1.54) is 70.0 Å². The maximum atomic E-state index is 2.32. The van der Waals surface area contributed by atoms with Crippen molar-refractivity contribution >= 4 is 21.6 Å². The van der Waals surface area contributed by atoms with Crippen molar-refractivity contribution in [3.8, 4) is 0 Å². The van der Waals surface area contributed by atoms with E-state index in [1.807, 2.05) is 0 Å². The van der Waals surface area contributed by atoms with Crippen molar-refractivity contribution in [3.05, 3.63) is 0 Å². The Balaban J connectivity index is 3.84. The molecule has 0 aromatic heterocycles. The first kappa shape index (κ1) is 20.7. The van der Waals surface area contributed by atoms with Crippen LogP contribution in [0.15, 0.2) is 0 Å². The molecule has 0 fully saturated rings. The maximum Gasteiger partial charge on any atom is 0.0179 e. The van der Waals surface area contributed by atoms with E-state index in [0.29, 0.717) is 4.75 Å². The molecule has 0 aromatic carbocycles. The van der Waals surface area contributed by atoms with Gasteiger partial charge in [-0.25, -0.2) is 0 Å². The van der Waals surface area contributed by atoms with Crippen molar-refractivity contribution in [2.75, 3.05) is 5.75 Å². The third-order valence-corrected chi connectivity index (χ3v) is 7.03. The molecule has 0 spiro atoms. The second-order valence-corrected chi connectivity index (χ2v) is 10.2. The van der Waals surface area contributed by atoms with Gasteiger partial charge in [0.15, 0.2) is 0 Å². The molecule has 0 amide bonds. The number of rotatable bonds is 13. The summed E-state index contributed by atoms with van der Waals surface area (Å²) in [5.74, 6) is 2.32. The summed E-state index contributed by atoms with van der Waals surface area (Å²) in [6.07, 6.45) is 14.3. The molecule has 0 aromatic rings. The van der Waals surface area contributed by atoms with Crippen LogP contribution in [0.25, 0.3) is 0 Å². The van der Waals surface area contributed by atoms with Crippen LogP contribution in [0.1, 0.15) is 98.8 Å². The summed E-state index contributed by atoms with van der Waals surface area (Å²) in [6, 6.07) is 0. The van der Waals surface area contributed by atoms with Crippen LogP contribution in [0.3, 0.4) is 0 Å². The number of unbranched alkanes of at least 4 members (excludes halogenated alkanes) is 6. The van der Waals surface area contributed by atoms with Crippen molar-refractivity contribution in [1.29, 1.82) is 0 Å². The first-order chi connectivity index (χ1) is 9.49. The largest absolute Gasteiger partial charge is 0.0933 e. The fourth-order valence-corrected chi connectivity index (χ4v) is 5.13. The quantitative estimate of drug-likeness (QED) is 0.252. The lowest BCUT2D eigenvalue weighted by atomic mass is 9.96. The van der Waals surface area contributed by atoms with E-state index in [9.17, 15) is 0 Å². The van der Waals surface area contributed by atoms with Crippen LogP contribution < -0.4 is 0 Å². The second kappa shape index (κ2) is 13.4. The Labute approximate surface area is 137 Å². The second-order valence-electron chi connectivity index (χ2n) is 7.04. The van der Waals surface area contributed by atoms with Crippen LogP contribution in [0, 0.1) is 5.92 Å². The minimum absolute atomic E-state index is 0.402. The summed E-state index contributed by atoms with van der Waals surface area (Å²) in [7, 11) is 4.18. The van der Waals surface area contributed by atoms with Gasteiger partial charge in [0.1, 0.15) is 0 Å². The van der Waals surface area contributed by atoms with Gasteiger partial charge in [-0.05, 0) is 18.8 Å². The summed E-state index contributed by atoms with van der Waals surface area (Å²) in [4.78, 5) is 0.